The molecule has 0 aliphatic carbocycles. The Kier molecular flexibility index (Phi) is 5.83. The van der Waals surface area contributed by atoms with Gasteiger partial charge in [0.15, 0.2) is 0 Å². The molecule has 106 valence electrons. The number of rotatable bonds is 2. The topological polar surface area (TPSA) is 41.1 Å². The Morgan fingerprint density at radius 2 is 2.16 bits per heavy atom. The number of piperidine rings is 1. The number of aryl methyl sites for hydroxylation is 1. The number of carbonyl (C=O) groups excluding carboxylic acids is 1. The molecule has 0 saturated carbocycles. The van der Waals surface area contributed by atoms with Crippen molar-refractivity contribution in [3.8, 4) is 0 Å². The molecule has 3 nitrogen and oxygen atoms in total. The lowest BCUT2D eigenvalue weighted by molar-refractivity contribution is -0.122. The van der Waals surface area contributed by atoms with Crippen LogP contribution in [0.15, 0.2) is 22.7 Å². The van der Waals surface area contributed by atoms with Gasteiger partial charge in [0.25, 0.3) is 0 Å². The summed E-state index contributed by atoms with van der Waals surface area (Å²) in [6.07, 6.45) is 3.16. The Bertz CT molecular complexity index is 459. The monoisotopic (exact) mass is 346 g/mol. The number of anilines is 1. The molecule has 1 fully saturated rings. The van der Waals surface area contributed by atoms with E-state index in [1.54, 1.807) is 0 Å². The average Bonchev–Trinajstić information content (AvgIpc) is 2.35. The van der Waals surface area contributed by atoms with E-state index in [0.29, 0.717) is 0 Å². The highest BCUT2D eigenvalue weighted by Gasteiger charge is 2.34. The van der Waals surface area contributed by atoms with Crippen LogP contribution in [0.2, 0.25) is 0 Å². The van der Waals surface area contributed by atoms with Crippen molar-refractivity contribution in [3.05, 3.63) is 28.2 Å². The first-order valence-corrected chi connectivity index (χ1v) is 7.13. The van der Waals surface area contributed by atoms with E-state index < -0.39 is 5.54 Å². The Hall–Kier alpha value is -0.580. The Balaban J connectivity index is 0.00000180. The molecule has 1 amide bonds. The SMILES string of the molecule is Cc1cc(NC(=O)C2(C)CCCCN2)ccc1Br.Cl. The van der Waals surface area contributed by atoms with Crippen LogP contribution in [0.25, 0.3) is 0 Å². The number of halogens is 2. The van der Waals surface area contributed by atoms with Gasteiger partial charge in [-0.1, -0.05) is 15.9 Å². The molecule has 0 spiro atoms. The molecule has 0 bridgehead atoms. The summed E-state index contributed by atoms with van der Waals surface area (Å²) in [5.41, 5.74) is 1.54. The molecule has 0 radical (unpaired) electrons. The Morgan fingerprint density at radius 3 is 2.74 bits per heavy atom. The minimum absolute atomic E-state index is 0. The zero-order valence-electron chi connectivity index (χ0n) is 11.3. The highest BCUT2D eigenvalue weighted by Crippen LogP contribution is 2.23. The van der Waals surface area contributed by atoms with Gasteiger partial charge in [0.2, 0.25) is 5.91 Å². The lowest BCUT2D eigenvalue weighted by Gasteiger charge is -2.33. The van der Waals surface area contributed by atoms with E-state index >= 15 is 0 Å². The fourth-order valence-corrected chi connectivity index (χ4v) is 2.49. The normalized spacial score (nSPS) is 22.5. The number of hydrogen-bond acceptors (Lipinski definition) is 2. The largest absolute Gasteiger partial charge is 0.324 e. The second-order valence-electron chi connectivity index (χ2n) is 5.13. The molecule has 0 aromatic heterocycles. The van der Waals surface area contributed by atoms with Gasteiger partial charge in [-0.3, -0.25) is 4.79 Å². The summed E-state index contributed by atoms with van der Waals surface area (Å²) in [7, 11) is 0. The molecule has 2 rings (SSSR count). The molecule has 1 aliphatic heterocycles. The summed E-state index contributed by atoms with van der Waals surface area (Å²) < 4.78 is 1.06. The lowest BCUT2D eigenvalue weighted by Crippen LogP contribution is -2.54. The van der Waals surface area contributed by atoms with Crippen molar-refractivity contribution >= 4 is 39.9 Å². The van der Waals surface area contributed by atoms with Crippen LogP contribution in [0, 0.1) is 6.92 Å². The molecule has 1 aliphatic rings. The molecular formula is C14H20BrClN2O. The predicted octanol–water partition coefficient (Wildman–Crippen LogP) is 3.65. The highest BCUT2D eigenvalue weighted by molar-refractivity contribution is 9.10. The van der Waals surface area contributed by atoms with Gasteiger partial charge >= 0.3 is 0 Å². The van der Waals surface area contributed by atoms with Gasteiger partial charge in [0.1, 0.15) is 0 Å². The van der Waals surface area contributed by atoms with E-state index in [1.165, 1.54) is 0 Å². The van der Waals surface area contributed by atoms with Gasteiger partial charge < -0.3 is 10.6 Å². The van der Waals surface area contributed by atoms with E-state index in [9.17, 15) is 4.79 Å². The summed E-state index contributed by atoms with van der Waals surface area (Å²) in [5.74, 6) is 0.0592. The van der Waals surface area contributed by atoms with Crippen LogP contribution in [0.1, 0.15) is 31.7 Å². The summed E-state index contributed by atoms with van der Waals surface area (Å²) in [5, 5.41) is 6.32. The standard InChI is InChI=1S/C14H19BrN2O.ClH/c1-10-9-11(5-6-12(10)15)17-13(18)14(2)7-3-4-8-16-14;/h5-6,9,16H,3-4,7-8H2,1-2H3,(H,17,18);1H. The molecule has 19 heavy (non-hydrogen) atoms. The molecule has 1 saturated heterocycles. The predicted molar refractivity (Wildman–Crippen MR) is 85.0 cm³/mol. The molecule has 1 heterocycles. The van der Waals surface area contributed by atoms with Crippen molar-refractivity contribution in [2.45, 2.75) is 38.6 Å². The van der Waals surface area contributed by atoms with Crippen molar-refractivity contribution in [1.82, 2.24) is 5.32 Å². The van der Waals surface area contributed by atoms with Gasteiger partial charge in [-0.05, 0) is 63.4 Å². The molecule has 1 atom stereocenters. The third-order valence-corrected chi connectivity index (χ3v) is 4.43. The quantitative estimate of drug-likeness (QED) is 0.857. The van der Waals surface area contributed by atoms with Crippen LogP contribution in [0.4, 0.5) is 5.69 Å². The molecule has 1 unspecified atom stereocenters. The summed E-state index contributed by atoms with van der Waals surface area (Å²) in [6, 6.07) is 5.86. The van der Waals surface area contributed by atoms with Crippen molar-refractivity contribution in [3.63, 3.8) is 0 Å². The third-order valence-electron chi connectivity index (χ3n) is 3.54. The first-order chi connectivity index (χ1) is 8.51. The van der Waals surface area contributed by atoms with Crippen molar-refractivity contribution in [1.29, 1.82) is 0 Å². The van der Waals surface area contributed by atoms with E-state index in [4.69, 9.17) is 0 Å². The molecule has 1 aromatic rings. The van der Waals surface area contributed by atoms with Crippen LogP contribution in [0.5, 0.6) is 0 Å². The zero-order valence-corrected chi connectivity index (χ0v) is 13.7. The maximum atomic E-state index is 12.3. The first kappa shape index (κ1) is 16.5. The Morgan fingerprint density at radius 1 is 1.42 bits per heavy atom. The summed E-state index contributed by atoms with van der Waals surface area (Å²) in [6.45, 7) is 4.91. The lowest BCUT2D eigenvalue weighted by atomic mass is 9.90. The fraction of sp³-hybridized carbons (Fsp3) is 0.500. The van der Waals surface area contributed by atoms with Crippen LogP contribution < -0.4 is 10.6 Å². The van der Waals surface area contributed by atoms with E-state index in [0.717, 1.165) is 41.5 Å². The molecule has 2 N–H and O–H groups in total. The van der Waals surface area contributed by atoms with Gasteiger partial charge in [0, 0.05) is 10.2 Å². The van der Waals surface area contributed by atoms with Crippen LogP contribution in [-0.4, -0.2) is 18.0 Å². The van der Waals surface area contributed by atoms with Crippen LogP contribution in [-0.2, 0) is 4.79 Å². The smallest absolute Gasteiger partial charge is 0.244 e. The van der Waals surface area contributed by atoms with Crippen LogP contribution >= 0.6 is 28.3 Å². The number of nitrogens with one attached hydrogen (secondary N) is 2. The number of carbonyl (C=O) groups is 1. The second-order valence-corrected chi connectivity index (χ2v) is 5.99. The van der Waals surface area contributed by atoms with Crippen molar-refractivity contribution in [2.24, 2.45) is 0 Å². The minimum atomic E-state index is -0.431. The summed E-state index contributed by atoms with van der Waals surface area (Å²) >= 11 is 3.46. The van der Waals surface area contributed by atoms with Gasteiger partial charge in [-0.25, -0.2) is 0 Å². The van der Waals surface area contributed by atoms with Crippen LogP contribution in [0.3, 0.4) is 0 Å². The Labute approximate surface area is 129 Å². The third kappa shape index (κ3) is 3.94. The number of benzene rings is 1. The minimum Gasteiger partial charge on any atom is -0.324 e. The van der Waals surface area contributed by atoms with E-state index in [-0.39, 0.29) is 18.3 Å². The zero-order chi connectivity index (χ0) is 13.2. The van der Waals surface area contributed by atoms with Gasteiger partial charge in [-0.15, -0.1) is 12.4 Å². The number of hydrogen-bond donors (Lipinski definition) is 2. The second kappa shape index (κ2) is 6.73. The first-order valence-electron chi connectivity index (χ1n) is 6.34. The number of amides is 1. The van der Waals surface area contributed by atoms with E-state index in [2.05, 4.69) is 26.6 Å². The highest BCUT2D eigenvalue weighted by atomic mass is 79.9. The molecule has 5 heteroatoms. The average molecular weight is 348 g/mol. The van der Waals surface area contributed by atoms with Crippen molar-refractivity contribution < 1.29 is 4.79 Å². The fourth-order valence-electron chi connectivity index (χ4n) is 2.24. The maximum Gasteiger partial charge on any atom is 0.244 e. The summed E-state index contributed by atoms with van der Waals surface area (Å²) in [4.78, 5) is 12.3. The molecule has 1 aromatic carbocycles. The van der Waals surface area contributed by atoms with Crippen molar-refractivity contribution in [2.75, 3.05) is 11.9 Å². The van der Waals surface area contributed by atoms with Gasteiger partial charge in [-0.2, -0.15) is 0 Å². The van der Waals surface area contributed by atoms with Gasteiger partial charge in [0.05, 0.1) is 5.54 Å². The maximum absolute atomic E-state index is 12.3. The molecular weight excluding hydrogens is 328 g/mol. The van der Waals surface area contributed by atoms with E-state index in [1.807, 2.05) is 32.0 Å².